The molecule has 1 aromatic heterocycles. The van der Waals surface area contributed by atoms with Crippen molar-refractivity contribution < 1.29 is 9.53 Å². The second-order valence-electron chi connectivity index (χ2n) is 4.65. The lowest BCUT2D eigenvalue weighted by Crippen LogP contribution is -2.15. The maximum Gasteiger partial charge on any atom is 0.229 e. The van der Waals surface area contributed by atoms with Crippen LogP contribution in [0.1, 0.15) is 23.6 Å². The standard InChI is InChI=1S/C15H19N3O2/c1-4-12-9-16-18-15(12)17-14(19)8-11-6-5-10(2)13(7-11)20-3/h5-7,9H,4,8H2,1-3H3,(H2,16,17,18,19). The predicted molar refractivity (Wildman–Crippen MR) is 78.0 cm³/mol. The summed E-state index contributed by atoms with van der Waals surface area (Å²) in [5.41, 5.74) is 2.97. The van der Waals surface area contributed by atoms with E-state index in [0.29, 0.717) is 12.2 Å². The van der Waals surface area contributed by atoms with E-state index in [1.165, 1.54) is 0 Å². The topological polar surface area (TPSA) is 67.0 Å². The molecule has 0 saturated carbocycles. The molecule has 0 unspecified atom stereocenters. The normalized spacial score (nSPS) is 10.3. The van der Waals surface area contributed by atoms with Crippen molar-refractivity contribution in [3.63, 3.8) is 0 Å². The van der Waals surface area contributed by atoms with Gasteiger partial charge in [0.2, 0.25) is 5.91 Å². The van der Waals surface area contributed by atoms with Crippen molar-refractivity contribution in [2.75, 3.05) is 12.4 Å². The minimum Gasteiger partial charge on any atom is -0.496 e. The Labute approximate surface area is 118 Å². The van der Waals surface area contributed by atoms with E-state index in [9.17, 15) is 4.79 Å². The van der Waals surface area contributed by atoms with Crippen molar-refractivity contribution in [3.05, 3.63) is 41.1 Å². The summed E-state index contributed by atoms with van der Waals surface area (Å²) in [6.07, 6.45) is 2.85. The van der Waals surface area contributed by atoms with Crippen molar-refractivity contribution >= 4 is 11.7 Å². The van der Waals surface area contributed by atoms with E-state index in [1.807, 2.05) is 32.0 Å². The Bertz CT molecular complexity index is 605. The molecule has 0 aliphatic rings. The van der Waals surface area contributed by atoms with Crippen molar-refractivity contribution in [2.24, 2.45) is 0 Å². The molecule has 106 valence electrons. The van der Waals surface area contributed by atoms with Crippen molar-refractivity contribution in [1.82, 2.24) is 10.2 Å². The monoisotopic (exact) mass is 273 g/mol. The van der Waals surface area contributed by atoms with Gasteiger partial charge < -0.3 is 10.1 Å². The number of benzene rings is 1. The minimum atomic E-state index is -0.0742. The fourth-order valence-electron chi connectivity index (χ4n) is 2.03. The molecular weight excluding hydrogens is 254 g/mol. The number of nitrogens with one attached hydrogen (secondary N) is 2. The molecule has 0 atom stereocenters. The van der Waals surface area contributed by atoms with Crippen LogP contribution in [0.2, 0.25) is 0 Å². The zero-order chi connectivity index (χ0) is 14.5. The molecule has 5 nitrogen and oxygen atoms in total. The Hall–Kier alpha value is -2.30. The van der Waals surface area contributed by atoms with Crippen LogP contribution in [0.3, 0.4) is 0 Å². The average molecular weight is 273 g/mol. The number of carbonyl (C=O) groups excluding carboxylic acids is 1. The molecule has 1 heterocycles. The molecule has 0 bridgehead atoms. The second kappa shape index (κ2) is 6.23. The van der Waals surface area contributed by atoms with E-state index in [4.69, 9.17) is 4.74 Å². The quantitative estimate of drug-likeness (QED) is 0.879. The highest BCUT2D eigenvalue weighted by Gasteiger charge is 2.09. The summed E-state index contributed by atoms with van der Waals surface area (Å²) < 4.78 is 5.26. The lowest BCUT2D eigenvalue weighted by molar-refractivity contribution is -0.115. The molecule has 5 heteroatoms. The summed E-state index contributed by atoms with van der Waals surface area (Å²) in [6, 6.07) is 5.78. The number of aryl methyl sites for hydroxylation is 2. The van der Waals surface area contributed by atoms with Gasteiger partial charge in [-0.1, -0.05) is 19.1 Å². The van der Waals surface area contributed by atoms with E-state index in [2.05, 4.69) is 15.5 Å². The van der Waals surface area contributed by atoms with Gasteiger partial charge in [-0.15, -0.1) is 0 Å². The molecule has 1 aromatic carbocycles. The number of ether oxygens (including phenoxy) is 1. The maximum atomic E-state index is 12.0. The van der Waals surface area contributed by atoms with Gasteiger partial charge in [-0.25, -0.2) is 0 Å². The minimum absolute atomic E-state index is 0.0742. The van der Waals surface area contributed by atoms with Gasteiger partial charge in [-0.05, 0) is 30.5 Å². The fraction of sp³-hybridized carbons (Fsp3) is 0.333. The molecule has 2 rings (SSSR count). The zero-order valence-corrected chi connectivity index (χ0v) is 12.0. The van der Waals surface area contributed by atoms with Crippen molar-refractivity contribution in [1.29, 1.82) is 0 Å². The number of H-pyrrole nitrogens is 1. The van der Waals surface area contributed by atoms with Crippen LogP contribution in [0.4, 0.5) is 5.82 Å². The predicted octanol–water partition coefficient (Wildman–Crippen LogP) is 2.47. The first-order valence-corrected chi connectivity index (χ1v) is 6.59. The van der Waals surface area contributed by atoms with E-state index in [1.54, 1.807) is 13.3 Å². The van der Waals surface area contributed by atoms with E-state index in [0.717, 1.165) is 28.9 Å². The fourth-order valence-corrected chi connectivity index (χ4v) is 2.03. The largest absolute Gasteiger partial charge is 0.496 e. The maximum absolute atomic E-state index is 12.0. The van der Waals surface area contributed by atoms with E-state index < -0.39 is 0 Å². The summed E-state index contributed by atoms with van der Waals surface area (Å²) >= 11 is 0. The first-order valence-electron chi connectivity index (χ1n) is 6.59. The number of carbonyl (C=O) groups is 1. The third-order valence-electron chi connectivity index (χ3n) is 3.20. The first-order chi connectivity index (χ1) is 9.63. The lowest BCUT2D eigenvalue weighted by atomic mass is 10.1. The Kier molecular flexibility index (Phi) is 4.40. The van der Waals surface area contributed by atoms with Gasteiger partial charge in [0.1, 0.15) is 11.6 Å². The molecule has 20 heavy (non-hydrogen) atoms. The summed E-state index contributed by atoms with van der Waals surface area (Å²) in [6.45, 7) is 3.99. The lowest BCUT2D eigenvalue weighted by Gasteiger charge is -2.08. The Morgan fingerprint density at radius 2 is 2.25 bits per heavy atom. The highest BCUT2D eigenvalue weighted by Crippen LogP contribution is 2.19. The van der Waals surface area contributed by atoms with Crippen LogP contribution in [0.25, 0.3) is 0 Å². The van der Waals surface area contributed by atoms with Crippen LogP contribution >= 0.6 is 0 Å². The SMILES string of the molecule is CCc1cn[nH]c1NC(=O)Cc1ccc(C)c(OC)c1. The molecule has 2 aromatic rings. The van der Waals surface area contributed by atoms with Crippen molar-refractivity contribution in [2.45, 2.75) is 26.7 Å². The summed E-state index contributed by atoms with van der Waals surface area (Å²) in [5.74, 6) is 1.40. The van der Waals surface area contributed by atoms with Gasteiger partial charge in [-0.3, -0.25) is 9.89 Å². The van der Waals surface area contributed by atoms with Gasteiger partial charge in [-0.2, -0.15) is 5.10 Å². The number of hydrogen-bond donors (Lipinski definition) is 2. The summed E-state index contributed by atoms with van der Waals surface area (Å²) in [5, 5.41) is 9.57. The number of aromatic nitrogens is 2. The van der Waals surface area contributed by atoms with Gasteiger partial charge in [0, 0.05) is 5.56 Å². The van der Waals surface area contributed by atoms with Crippen molar-refractivity contribution in [3.8, 4) is 5.75 Å². The molecule has 0 saturated heterocycles. The van der Waals surface area contributed by atoms with Gasteiger partial charge in [0.25, 0.3) is 0 Å². The van der Waals surface area contributed by atoms with Crippen LogP contribution in [0, 0.1) is 6.92 Å². The molecule has 0 aliphatic carbocycles. The molecule has 0 radical (unpaired) electrons. The van der Waals surface area contributed by atoms with Crippen LogP contribution in [-0.2, 0) is 17.6 Å². The third kappa shape index (κ3) is 3.17. The Morgan fingerprint density at radius 3 is 2.95 bits per heavy atom. The van der Waals surface area contributed by atoms with Crippen LogP contribution in [0.15, 0.2) is 24.4 Å². The number of aromatic amines is 1. The number of anilines is 1. The number of nitrogens with zero attached hydrogens (tertiary/aromatic N) is 1. The number of rotatable bonds is 5. The highest BCUT2D eigenvalue weighted by molar-refractivity contribution is 5.92. The van der Waals surface area contributed by atoms with E-state index in [-0.39, 0.29) is 5.91 Å². The van der Waals surface area contributed by atoms with Gasteiger partial charge in [0.05, 0.1) is 19.7 Å². The molecule has 2 N–H and O–H groups in total. The third-order valence-corrected chi connectivity index (χ3v) is 3.20. The number of methoxy groups -OCH3 is 1. The number of amides is 1. The highest BCUT2D eigenvalue weighted by atomic mass is 16.5. The Morgan fingerprint density at radius 1 is 1.45 bits per heavy atom. The summed E-state index contributed by atoms with van der Waals surface area (Å²) in [4.78, 5) is 12.0. The molecule has 0 fully saturated rings. The molecule has 0 spiro atoms. The van der Waals surface area contributed by atoms with Crippen LogP contribution < -0.4 is 10.1 Å². The first kappa shape index (κ1) is 14.1. The second-order valence-corrected chi connectivity index (χ2v) is 4.65. The zero-order valence-electron chi connectivity index (χ0n) is 12.0. The molecule has 1 amide bonds. The summed E-state index contributed by atoms with van der Waals surface area (Å²) in [7, 11) is 1.63. The van der Waals surface area contributed by atoms with Gasteiger partial charge in [0.15, 0.2) is 0 Å². The molecular formula is C15H19N3O2. The van der Waals surface area contributed by atoms with E-state index >= 15 is 0 Å². The van der Waals surface area contributed by atoms with Crippen LogP contribution in [0.5, 0.6) is 5.75 Å². The van der Waals surface area contributed by atoms with Gasteiger partial charge >= 0.3 is 0 Å². The number of hydrogen-bond acceptors (Lipinski definition) is 3. The molecule has 0 aliphatic heterocycles. The smallest absolute Gasteiger partial charge is 0.229 e. The average Bonchev–Trinajstić information content (AvgIpc) is 2.88. The van der Waals surface area contributed by atoms with Crippen LogP contribution in [-0.4, -0.2) is 23.2 Å². The Balaban J connectivity index is 2.05.